The van der Waals surface area contributed by atoms with Crippen molar-refractivity contribution in [2.75, 3.05) is 26.2 Å². The molecule has 2 rings (SSSR count). The van der Waals surface area contributed by atoms with E-state index >= 15 is 0 Å². The summed E-state index contributed by atoms with van der Waals surface area (Å²) in [6.07, 6.45) is 1.96. The van der Waals surface area contributed by atoms with Gasteiger partial charge in [0.1, 0.15) is 12.4 Å². The highest BCUT2D eigenvalue weighted by Gasteiger charge is 2.22. The molecular weight excluding hydrogens is 302 g/mol. The van der Waals surface area contributed by atoms with Crippen molar-refractivity contribution in [2.45, 2.75) is 39.3 Å². The van der Waals surface area contributed by atoms with Crippen LogP contribution in [-0.2, 0) is 6.54 Å². The van der Waals surface area contributed by atoms with Crippen LogP contribution in [0.3, 0.4) is 0 Å². The third-order valence-corrected chi connectivity index (χ3v) is 4.14. The molecule has 1 fully saturated rings. The zero-order valence-corrected chi connectivity index (χ0v) is 14.8. The van der Waals surface area contributed by atoms with Crippen molar-refractivity contribution in [3.8, 4) is 5.75 Å². The summed E-state index contributed by atoms with van der Waals surface area (Å²) >= 11 is 0. The van der Waals surface area contributed by atoms with Gasteiger partial charge in [0.25, 0.3) is 0 Å². The van der Waals surface area contributed by atoms with E-state index in [0.717, 1.165) is 49.4 Å². The van der Waals surface area contributed by atoms with Gasteiger partial charge < -0.3 is 20.3 Å². The molecule has 0 saturated carbocycles. The molecule has 0 radical (unpaired) electrons. The first kappa shape index (κ1) is 18.3. The van der Waals surface area contributed by atoms with Gasteiger partial charge in [-0.1, -0.05) is 24.8 Å². The second-order valence-corrected chi connectivity index (χ2v) is 6.33. The summed E-state index contributed by atoms with van der Waals surface area (Å²) in [4.78, 5) is 13.7. The summed E-state index contributed by atoms with van der Waals surface area (Å²) in [5.41, 5.74) is 2.17. The van der Waals surface area contributed by atoms with Crippen molar-refractivity contribution in [3.05, 3.63) is 42.0 Å². The van der Waals surface area contributed by atoms with Crippen LogP contribution in [0.15, 0.2) is 36.4 Å². The molecule has 1 saturated heterocycles. The Bertz CT molecular complexity index is 551. The first-order valence-corrected chi connectivity index (χ1v) is 8.71. The third kappa shape index (κ3) is 5.57. The van der Waals surface area contributed by atoms with Gasteiger partial charge in [-0.2, -0.15) is 0 Å². The quantitative estimate of drug-likeness (QED) is 0.755. The Morgan fingerprint density at radius 2 is 2.04 bits per heavy atom. The Kier molecular flexibility index (Phi) is 7.12. The molecule has 1 aliphatic heterocycles. The number of ether oxygens (including phenoxy) is 1. The van der Waals surface area contributed by atoms with Crippen molar-refractivity contribution in [2.24, 2.45) is 0 Å². The van der Waals surface area contributed by atoms with E-state index in [1.165, 1.54) is 0 Å². The van der Waals surface area contributed by atoms with E-state index in [2.05, 4.69) is 23.3 Å². The highest BCUT2D eigenvalue weighted by Crippen LogP contribution is 2.19. The topological polar surface area (TPSA) is 53.6 Å². The van der Waals surface area contributed by atoms with E-state index in [0.29, 0.717) is 19.2 Å². The summed E-state index contributed by atoms with van der Waals surface area (Å²) in [7, 11) is 0. The Labute approximate surface area is 145 Å². The number of hydrogen-bond acceptors (Lipinski definition) is 3. The zero-order chi connectivity index (χ0) is 17.4. The minimum absolute atomic E-state index is 0.0505. The lowest BCUT2D eigenvalue weighted by molar-refractivity contribution is 0.176. The van der Waals surface area contributed by atoms with Crippen molar-refractivity contribution >= 4 is 6.03 Å². The van der Waals surface area contributed by atoms with Gasteiger partial charge in [-0.25, -0.2) is 4.79 Å². The summed E-state index contributed by atoms with van der Waals surface area (Å²) in [6, 6.07) is 8.59. The van der Waals surface area contributed by atoms with Crippen LogP contribution in [0.5, 0.6) is 5.75 Å². The number of benzene rings is 1. The average molecular weight is 331 g/mol. The smallest absolute Gasteiger partial charge is 0.317 e. The Hall–Kier alpha value is -2.01. The molecular formula is C19H29N3O2. The second-order valence-electron chi connectivity index (χ2n) is 6.33. The number of para-hydroxylation sites is 1. The number of carbonyl (C=O) groups is 1. The predicted octanol–water partition coefficient (Wildman–Crippen LogP) is 2.93. The maximum Gasteiger partial charge on any atom is 0.317 e. The molecule has 0 spiro atoms. The standard InChI is InChI=1S/C19H29N3O2/c1-4-20-19(23)22-11-9-17(10-12-22)21-13-16-7-5-6-8-18(16)24-14-15(2)3/h5-8,17,21H,2,4,9-14H2,1,3H3,(H,20,23). The van der Waals surface area contributed by atoms with Gasteiger partial charge in [-0.05, 0) is 38.3 Å². The molecule has 0 unspecified atom stereocenters. The van der Waals surface area contributed by atoms with Crippen molar-refractivity contribution in [1.29, 1.82) is 0 Å². The average Bonchev–Trinajstić information content (AvgIpc) is 2.59. The number of rotatable bonds is 7. The van der Waals surface area contributed by atoms with Crippen LogP contribution in [0.25, 0.3) is 0 Å². The molecule has 0 atom stereocenters. The number of piperidine rings is 1. The fourth-order valence-corrected chi connectivity index (χ4v) is 2.80. The van der Waals surface area contributed by atoms with Crippen LogP contribution in [0, 0.1) is 0 Å². The van der Waals surface area contributed by atoms with Gasteiger partial charge in [0.05, 0.1) is 0 Å². The van der Waals surface area contributed by atoms with Gasteiger partial charge in [0.2, 0.25) is 0 Å². The third-order valence-electron chi connectivity index (χ3n) is 4.14. The molecule has 1 aromatic carbocycles. The summed E-state index contributed by atoms with van der Waals surface area (Å²) in [6.45, 7) is 11.4. The summed E-state index contributed by atoms with van der Waals surface area (Å²) < 4.78 is 5.81. The Morgan fingerprint density at radius 3 is 2.71 bits per heavy atom. The molecule has 5 nitrogen and oxygen atoms in total. The number of likely N-dealkylation sites (tertiary alicyclic amines) is 1. The minimum atomic E-state index is 0.0505. The van der Waals surface area contributed by atoms with E-state index in [-0.39, 0.29) is 6.03 Å². The number of carbonyl (C=O) groups excluding carboxylic acids is 1. The van der Waals surface area contributed by atoms with E-state index in [4.69, 9.17) is 4.74 Å². The fourth-order valence-electron chi connectivity index (χ4n) is 2.80. The molecule has 0 bridgehead atoms. The largest absolute Gasteiger partial charge is 0.489 e. The number of nitrogens with zero attached hydrogens (tertiary/aromatic N) is 1. The van der Waals surface area contributed by atoms with Gasteiger partial charge in [0.15, 0.2) is 0 Å². The zero-order valence-electron chi connectivity index (χ0n) is 14.8. The van der Waals surface area contributed by atoms with Gasteiger partial charge in [-0.15, -0.1) is 0 Å². The lowest BCUT2D eigenvalue weighted by Gasteiger charge is -2.32. The number of urea groups is 1. The number of amides is 2. The van der Waals surface area contributed by atoms with Crippen molar-refractivity contribution < 1.29 is 9.53 Å². The molecule has 24 heavy (non-hydrogen) atoms. The van der Waals surface area contributed by atoms with E-state index in [1.54, 1.807) is 0 Å². The monoisotopic (exact) mass is 331 g/mol. The first-order valence-electron chi connectivity index (χ1n) is 8.71. The first-order chi connectivity index (χ1) is 11.6. The molecule has 5 heteroatoms. The Morgan fingerprint density at radius 1 is 1.33 bits per heavy atom. The van der Waals surface area contributed by atoms with Crippen LogP contribution in [0.1, 0.15) is 32.3 Å². The normalized spacial score (nSPS) is 15.2. The molecule has 1 heterocycles. The van der Waals surface area contributed by atoms with Crippen molar-refractivity contribution in [3.63, 3.8) is 0 Å². The van der Waals surface area contributed by atoms with Gasteiger partial charge in [-0.3, -0.25) is 0 Å². The van der Waals surface area contributed by atoms with Gasteiger partial charge >= 0.3 is 6.03 Å². The Balaban J connectivity index is 1.80. The van der Waals surface area contributed by atoms with Crippen LogP contribution in [-0.4, -0.2) is 43.2 Å². The van der Waals surface area contributed by atoms with Crippen LogP contribution in [0.4, 0.5) is 4.79 Å². The fraction of sp³-hybridized carbons (Fsp3) is 0.526. The lowest BCUT2D eigenvalue weighted by Crippen LogP contribution is -2.48. The highest BCUT2D eigenvalue weighted by atomic mass is 16.5. The van der Waals surface area contributed by atoms with E-state index in [1.807, 2.05) is 36.9 Å². The van der Waals surface area contributed by atoms with Crippen LogP contribution < -0.4 is 15.4 Å². The van der Waals surface area contributed by atoms with Gasteiger partial charge in [0, 0.05) is 37.8 Å². The molecule has 1 aliphatic rings. The molecule has 132 valence electrons. The predicted molar refractivity (Wildman–Crippen MR) is 97.3 cm³/mol. The number of hydrogen-bond donors (Lipinski definition) is 2. The van der Waals surface area contributed by atoms with Crippen LogP contribution in [0.2, 0.25) is 0 Å². The molecule has 1 aromatic rings. The van der Waals surface area contributed by atoms with Crippen molar-refractivity contribution in [1.82, 2.24) is 15.5 Å². The lowest BCUT2D eigenvalue weighted by atomic mass is 10.0. The highest BCUT2D eigenvalue weighted by molar-refractivity contribution is 5.74. The van der Waals surface area contributed by atoms with E-state index < -0.39 is 0 Å². The minimum Gasteiger partial charge on any atom is -0.489 e. The molecule has 0 aliphatic carbocycles. The maximum absolute atomic E-state index is 11.8. The second kappa shape index (κ2) is 9.33. The van der Waals surface area contributed by atoms with E-state index in [9.17, 15) is 4.79 Å². The molecule has 2 amide bonds. The molecule has 2 N–H and O–H groups in total. The maximum atomic E-state index is 11.8. The van der Waals surface area contributed by atoms with Crippen LogP contribution >= 0.6 is 0 Å². The summed E-state index contributed by atoms with van der Waals surface area (Å²) in [5, 5.41) is 6.46. The summed E-state index contributed by atoms with van der Waals surface area (Å²) in [5.74, 6) is 0.910. The number of nitrogens with one attached hydrogen (secondary N) is 2. The molecule has 0 aromatic heterocycles. The SMILES string of the molecule is C=C(C)COc1ccccc1CNC1CCN(C(=O)NCC)CC1.